The summed E-state index contributed by atoms with van der Waals surface area (Å²) in [7, 11) is 0. The number of alkyl carbamates (subject to hydrolysis) is 1. The molecule has 3 amide bonds. The van der Waals surface area contributed by atoms with Gasteiger partial charge in [-0.25, -0.2) is 4.79 Å². The molecule has 0 radical (unpaired) electrons. The molecule has 0 bridgehead atoms. The average molecular weight is 564 g/mol. The Labute approximate surface area is 235 Å². The van der Waals surface area contributed by atoms with Crippen LogP contribution < -0.4 is 10.6 Å². The fraction of sp³-hybridized carbons (Fsp3) is 0.464. The van der Waals surface area contributed by atoms with Gasteiger partial charge in [-0.2, -0.15) is 12.6 Å². The summed E-state index contributed by atoms with van der Waals surface area (Å²) in [6, 6.07) is 7.47. The van der Waals surface area contributed by atoms with E-state index in [-0.39, 0.29) is 17.1 Å². The molecule has 0 spiro atoms. The van der Waals surface area contributed by atoms with Crippen LogP contribution >= 0.6 is 24.2 Å². The molecule has 208 valence electrons. The van der Waals surface area contributed by atoms with Crippen molar-refractivity contribution in [2.24, 2.45) is 0 Å². The number of para-hydroxylation sites is 2. The van der Waals surface area contributed by atoms with Gasteiger partial charge in [0, 0.05) is 17.4 Å². The summed E-state index contributed by atoms with van der Waals surface area (Å²) in [6.07, 6.45) is -0.279. The molecule has 0 saturated heterocycles. The lowest BCUT2D eigenvalue weighted by atomic mass is 9.97. The SMILES string of the molecule is CCC(C)N(C(=O)C(CS)NC(=O)OC(C)(C)C)C(C(=O)Nc1c(C)cccc1Cl)c1cccc(C)c1O. The van der Waals surface area contributed by atoms with Crippen molar-refractivity contribution in [2.45, 2.75) is 78.6 Å². The number of anilines is 1. The van der Waals surface area contributed by atoms with Gasteiger partial charge in [0.05, 0.1) is 10.7 Å². The highest BCUT2D eigenvalue weighted by Gasteiger charge is 2.39. The number of hydrogen-bond acceptors (Lipinski definition) is 6. The molecule has 3 atom stereocenters. The van der Waals surface area contributed by atoms with Gasteiger partial charge in [0.25, 0.3) is 5.91 Å². The zero-order chi connectivity index (χ0) is 28.8. The Balaban J connectivity index is 2.62. The molecular formula is C28H38ClN3O5S. The van der Waals surface area contributed by atoms with Gasteiger partial charge >= 0.3 is 6.09 Å². The topological polar surface area (TPSA) is 108 Å². The van der Waals surface area contributed by atoms with Gasteiger partial charge in [0.15, 0.2) is 0 Å². The maximum Gasteiger partial charge on any atom is 0.408 e. The summed E-state index contributed by atoms with van der Waals surface area (Å²) >= 11 is 10.7. The van der Waals surface area contributed by atoms with Gasteiger partial charge in [-0.3, -0.25) is 9.59 Å². The number of carbonyl (C=O) groups excluding carboxylic acids is 3. The monoisotopic (exact) mass is 563 g/mol. The van der Waals surface area contributed by atoms with E-state index in [0.29, 0.717) is 22.7 Å². The quantitative estimate of drug-likeness (QED) is 0.289. The van der Waals surface area contributed by atoms with Crippen LogP contribution in [0.25, 0.3) is 0 Å². The Hall–Kier alpha value is -2.91. The van der Waals surface area contributed by atoms with Gasteiger partial charge in [0.2, 0.25) is 5.91 Å². The van der Waals surface area contributed by atoms with Crippen LogP contribution in [0.15, 0.2) is 36.4 Å². The van der Waals surface area contributed by atoms with Crippen molar-refractivity contribution in [3.8, 4) is 5.75 Å². The second kappa shape index (κ2) is 13.2. The summed E-state index contributed by atoms with van der Waals surface area (Å²) in [6.45, 7) is 12.3. The Kier molecular flexibility index (Phi) is 10.9. The zero-order valence-electron chi connectivity index (χ0n) is 23.0. The second-order valence-electron chi connectivity index (χ2n) is 10.2. The molecular weight excluding hydrogens is 526 g/mol. The first-order valence-corrected chi connectivity index (χ1v) is 13.5. The van der Waals surface area contributed by atoms with Gasteiger partial charge < -0.3 is 25.4 Å². The van der Waals surface area contributed by atoms with Crippen LogP contribution in [0.1, 0.15) is 63.8 Å². The average Bonchev–Trinajstić information content (AvgIpc) is 2.83. The Bertz CT molecular complexity index is 1150. The minimum absolute atomic E-state index is 0.0389. The maximum absolute atomic E-state index is 14.0. The Morgan fingerprint density at radius 3 is 2.26 bits per heavy atom. The minimum Gasteiger partial charge on any atom is -0.507 e. The number of phenols is 1. The molecule has 0 fully saturated rings. The van der Waals surface area contributed by atoms with E-state index in [1.807, 2.05) is 6.92 Å². The summed E-state index contributed by atoms with van der Waals surface area (Å²) in [5, 5.41) is 16.8. The molecule has 10 heteroatoms. The third-order valence-corrected chi connectivity index (χ3v) is 6.73. The molecule has 0 aliphatic heterocycles. The lowest BCUT2D eigenvalue weighted by Crippen LogP contribution is -2.55. The van der Waals surface area contributed by atoms with E-state index in [2.05, 4.69) is 23.3 Å². The summed E-state index contributed by atoms with van der Waals surface area (Å²) in [5.41, 5.74) is 1.16. The molecule has 3 N–H and O–H groups in total. The van der Waals surface area contributed by atoms with Crippen LogP contribution in [0.2, 0.25) is 5.02 Å². The summed E-state index contributed by atoms with van der Waals surface area (Å²) in [5.74, 6) is -1.25. The van der Waals surface area contributed by atoms with E-state index in [4.69, 9.17) is 16.3 Å². The Morgan fingerprint density at radius 1 is 1.11 bits per heavy atom. The highest BCUT2D eigenvalue weighted by Crippen LogP contribution is 2.36. The molecule has 8 nitrogen and oxygen atoms in total. The summed E-state index contributed by atoms with van der Waals surface area (Å²) < 4.78 is 5.33. The predicted octanol–water partition coefficient (Wildman–Crippen LogP) is 5.79. The van der Waals surface area contributed by atoms with E-state index < -0.39 is 41.6 Å². The molecule has 38 heavy (non-hydrogen) atoms. The van der Waals surface area contributed by atoms with Crippen LogP contribution in [0.3, 0.4) is 0 Å². The highest BCUT2D eigenvalue weighted by atomic mass is 35.5. The first-order valence-electron chi connectivity index (χ1n) is 12.5. The van der Waals surface area contributed by atoms with Crippen LogP contribution in [0.5, 0.6) is 5.75 Å². The number of benzene rings is 2. The van der Waals surface area contributed by atoms with Crippen LogP contribution in [0.4, 0.5) is 10.5 Å². The number of carbonyl (C=O) groups is 3. The lowest BCUT2D eigenvalue weighted by Gasteiger charge is -2.38. The van der Waals surface area contributed by atoms with Crippen molar-refractivity contribution in [1.29, 1.82) is 0 Å². The second-order valence-corrected chi connectivity index (χ2v) is 11.0. The molecule has 0 heterocycles. The van der Waals surface area contributed by atoms with E-state index in [1.54, 1.807) is 77.9 Å². The zero-order valence-corrected chi connectivity index (χ0v) is 24.6. The van der Waals surface area contributed by atoms with Crippen LogP contribution in [0, 0.1) is 13.8 Å². The Morgan fingerprint density at radius 2 is 1.71 bits per heavy atom. The number of aryl methyl sites for hydroxylation is 2. The molecule has 0 saturated carbocycles. The standard InChI is InChI=1S/C28H38ClN3O5S/c1-8-18(4)32(26(35)21(15-38)30-27(36)37-28(5,6)7)23(19-13-9-12-17(3)24(19)33)25(34)31-22-16(2)11-10-14-20(22)29/h9-14,18,21,23,33,38H,8,15H2,1-7H3,(H,30,36)(H,31,34). The van der Waals surface area contributed by atoms with Crippen molar-refractivity contribution in [3.05, 3.63) is 58.1 Å². The van der Waals surface area contributed by atoms with Gasteiger partial charge in [0.1, 0.15) is 23.4 Å². The molecule has 0 aliphatic carbocycles. The van der Waals surface area contributed by atoms with E-state index in [9.17, 15) is 19.5 Å². The fourth-order valence-corrected chi connectivity index (χ4v) is 4.43. The molecule has 2 aromatic rings. The predicted molar refractivity (Wildman–Crippen MR) is 154 cm³/mol. The first kappa shape index (κ1) is 31.3. The first-order chi connectivity index (χ1) is 17.7. The molecule has 3 unspecified atom stereocenters. The van der Waals surface area contributed by atoms with E-state index in [1.165, 1.54) is 4.90 Å². The van der Waals surface area contributed by atoms with Gasteiger partial charge in [-0.15, -0.1) is 0 Å². The number of amides is 3. The molecule has 0 aromatic heterocycles. The normalized spacial score (nSPS) is 13.7. The van der Waals surface area contributed by atoms with Crippen molar-refractivity contribution in [2.75, 3.05) is 11.1 Å². The van der Waals surface area contributed by atoms with Crippen molar-refractivity contribution in [3.63, 3.8) is 0 Å². The number of rotatable bonds is 9. The fourth-order valence-electron chi connectivity index (χ4n) is 3.91. The largest absolute Gasteiger partial charge is 0.507 e. The number of nitrogens with zero attached hydrogens (tertiary/aromatic N) is 1. The minimum atomic E-state index is -1.24. The smallest absolute Gasteiger partial charge is 0.408 e. The highest BCUT2D eigenvalue weighted by molar-refractivity contribution is 7.80. The number of nitrogens with one attached hydrogen (secondary N) is 2. The van der Waals surface area contributed by atoms with Gasteiger partial charge in [-0.05, 0) is 65.2 Å². The number of ether oxygens (including phenoxy) is 1. The molecule has 0 aliphatic rings. The third kappa shape index (κ3) is 7.80. The van der Waals surface area contributed by atoms with Crippen molar-refractivity contribution >= 4 is 47.8 Å². The number of halogens is 1. The van der Waals surface area contributed by atoms with Crippen LogP contribution in [-0.2, 0) is 14.3 Å². The lowest BCUT2D eigenvalue weighted by molar-refractivity contribution is -0.143. The van der Waals surface area contributed by atoms with Crippen molar-refractivity contribution < 1.29 is 24.2 Å². The van der Waals surface area contributed by atoms with Crippen molar-refractivity contribution in [1.82, 2.24) is 10.2 Å². The number of aromatic hydroxyl groups is 1. The number of thiol groups is 1. The number of phenolic OH excluding ortho intramolecular Hbond substituents is 1. The maximum atomic E-state index is 14.0. The molecule has 2 rings (SSSR count). The number of hydrogen-bond donors (Lipinski definition) is 4. The molecule has 2 aromatic carbocycles. The third-order valence-electron chi connectivity index (χ3n) is 6.05. The van der Waals surface area contributed by atoms with Crippen LogP contribution in [-0.4, -0.2) is 51.4 Å². The summed E-state index contributed by atoms with van der Waals surface area (Å²) in [4.78, 5) is 41.9. The van der Waals surface area contributed by atoms with E-state index in [0.717, 1.165) is 5.56 Å². The van der Waals surface area contributed by atoms with E-state index >= 15 is 0 Å². The van der Waals surface area contributed by atoms with Gasteiger partial charge in [-0.1, -0.05) is 48.9 Å².